The number of rotatable bonds is 7. The van der Waals surface area contributed by atoms with Crippen molar-refractivity contribution in [2.45, 2.75) is 18.4 Å². The molecule has 6 rings (SSSR count). The second kappa shape index (κ2) is 8.77. The van der Waals surface area contributed by atoms with E-state index in [9.17, 15) is 4.79 Å². The van der Waals surface area contributed by atoms with E-state index < -0.39 is 5.92 Å². The predicted molar refractivity (Wildman–Crippen MR) is 134 cm³/mol. The Morgan fingerprint density at radius 3 is 2.86 bits per heavy atom. The number of carbonyl (C=O) groups is 1. The highest BCUT2D eigenvalue weighted by atomic mass is 16.5. The van der Waals surface area contributed by atoms with Crippen molar-refractivity contribution in [3.63, 3.8) is 0 Å². The summed E-state index contributed by atoms with van der Waals surface area (Å²) < 4.78 is 11.5. The molecule has 0 spiro atoms. The summed E-state index contributed by atoms with van der Waals surface area (Å²) in [6.45, 7) is 0.369. The fourth-order valence-electron chi connectivity index (χ4n) is 4.68. The number of amides is 1. The van der Waals surface area contributed by atoms with Crippen LogP contribution in [0.25, 0.3) is 22.0 Å². The maximum atomic E-state index is 12.5. The summed E-state index contributed by atoms with van der Waals surface area (Å²) in [6.07, 6.45) is 7.77. The molecule has 0 radical (unpaired) electrons. The summed E-state index contributed by atoms with van der Waals surface area (Å²) in [5, 5.41) is 4.12. The van der Waals surface area contributed by atoms with E-state index in [2.05, 4.69) is 27.4 Å². The van der Waals surface area contributed by atoms with Crippen molar-refractivity contribution in [2.75, 3.05) is 11.9 Å². The second-order valence-corrected chi connectivity index (χ2v) is 8.78. The molecule has 1 aliphatic heterocycles. The molecular formula is C28H24N4O3. The van der Waals surface area contributed by atoms with E-state index >= 15 is 0 Å². The number of aromatic nitrogens is 2. The van der Waals surface area contributed by atoms with Gasteiger partial charge in [0, 0.05) is 40.6 Å². The molecule has 0 bridgehead atoms. The molecule has 1 unspecified atom stereocenters. The van der Waals surface area contributed by atoms with Gasteiger partial charge in [0.15, 0.2) is 0 Å². The number of aromatic amines is 1. The normalized spacial score (nSPS) is 15.7. The van der Waals surface area contributed by atoms with E-state index in [-0.39, 0.29) is 11.9 Å². The SMILES string of the molecule is N[C@H](COc1cncc(-c2ccc3c(c2)C(c2ccco2)C(=O)N3)c1)Cc1c[nH]c2ccccc12. The second-order valence-electron chi connectivity index (χ2n) is 8.78. The Morgan fingerprint density at radius 2 is 1.97 bits per heavy atom. The predicted octanol–water partition coefficient (Wildman–Crippen LogP) is 4.86. The average molecular weight is 465 g/mol. The van der Waals surface area contributed by atoms with Crippen LogP contribution in [0.1, 0.15) is 22.8 Å². The summed E-state index contributed by atoms with van der Waals surface area (Å²) in [7, 11) is 0. The number of hydrogen-bond acceptors (Lipinski definition) is 5. The largest absolute Gasteiger partial charge is 0.490 e. The van der Waals surface area contributed by atoms with E-state index in [1.54, 1.807) is 24.7 Å². The van der Waals surface area contributed by atoms with Crippen molar-refractivity contribution in [1.82, 2.24) is 9.97 Å². The summed E-state index contributed by atoms with van der Waals surface area (Å²) in [6, 6.07) is 19.5. The number of fused-ring (bicyclic) bond motifs is 2. The van der Waals surface area contributed by atoms with Gasteiger partial charge in [0.1, 0.15) is 24.0 Å². The third-order valence-electron chi connectivity index (χ3n) is 6.38. The Labute approximate surface area is 201 Å². The Kier molecular flexibility index (Phi) is 5.31. The molecule has 4 N–H and O–H groups in total. The Morgan fingerprint density at radius 1 is 1.06 bits per heavy atom. The van der Waals surface area contributed by atoms with E-state index in [0.717, 1.165) is 27.9 Å². The fourth-order valence-corrected chi connectivity index (χ4v) is 4.68. The van der Waals surface area contributed by atoms with Gasteiger partial charge in [0.2, 0.25) is 5.91 Å². The van der Waals surface area contributed by atoms with Crippen LogP contribution in [0.4, 0.5) is 5.69 Å². The molecule has 3 aromatic heterocycles. The summed E-state index contributed by atoms with van der Waals surface area (Å²) >= 11 is 0. The van der Waals surface area contributed by atoms with Crippen molar-refractivity contribution in [1.29, 1.82) is 0 Å². The van der Waals surface area contributed by atoms with Gasteiger partial charge in [-0.15, -0.1) is 0 Å². The van der Waals surface area contributed by atoms with Gasteiger partial charge in [0.05, 0.1) is 12.5 Å². The maximum Gasteiger partial charge on any atom is 0.239 e. The van der Waals surface area contributed by atoms with E-state index in [1.165, 1.54) is 10.9 Å². The minimum absolute atomic E-state index is 0.0912. The summed E-state index contributed by atoms with van der Waals surface area (Å²) in [4.78, 5) is 20.2. The van der Waals surface area contributed by atoms with Crippen LogP contribution >= 0.6 is 0 Å². The first-order valence-electron chi connectivity index (χ1n) is 11.5. The zero-order valence-electron chi connectivity index (χ0n) is 18.9. The molecular weight excluding hydrogens is 440 g/mol. The van der Waals surface area contributed by atoms with Gasteiger partial charge in [-0.05, 0) is 59.5 Å². The number of carbonyl (C=O) groups excluding carboxylic acids is 1. The molecule has 7 heteroatoms. The lowest BCUT2D eigenvalue weighted by Gasteiger charge is -2.14. The molecule has 2 atom stereocenters. The molecule has 0 aliphatic carbocycles. The van der Waals surface area contributed by atoms with Gasteiger partial charge in [-0.2, -0.15) is 0 Å². The standard InChI is InChI=1S/C28H24N4O3/c29-20(10-19-14-31-24-5-2-1-4-22(19)24)16-35-21-11-18(13-30-15-21)17-7-8-25-23(12-17)27(28(33)32-25)26-6-3-9-34-26/h1-9,11-15,20,27,31H,10,16,29H2,(H,32,33)/t20-,27?/m0/s1. The lowest BCUT2D eigenvalue weighted by molar-refractivity contribution is -0.116. The van der Waals surface area contributed by atoms with Crippen LogP contribution in [0, 0.1) is 0 Å². The monoisotopic (exact) mass is 464 g/mol. The lowest BCUT2D eigenvalue weighted by atomic mass is 9.94. The van der Waals surface area contributed by atoms with Gasteiger partial charge < -0.3 is 25.2 Å². The third kappa shape index (κ3) is 4.06. The first-order valence-corrected chi connectivity index (χ1v) is 11.5. The molecule has 0 fully saturated rings. The van der Waals surface area contributed by atoms with Crippen LogP contribution in [0.3, 0.4) is 0 Å². The highest BCUT2D eigenvalue weighted by molar-refractivity contribution is 6.05. The first-order chi connectivity index (χ1) is 17.2. The number of H-pyrrole nitrogens is 1. The van der Waals surface area contributed by atoms with Crippen molar-refractivity contribution in [2.24, 2.45) is 5.73 Å². The first kappa shape index (κ1) is 21.2. The third-order valence-corrected chi connectivity index (χ3v) is 6.38. The molecule has 174 valence electrons. The number of anilines is 1. The van der Waals surface area contributed by atoms with Gasteiger partial charge >= 0.3 is 0 Å². The number of hydrogen-bond donors (Lipinski definition) is 3. The van der Waals surface area contributed by atoms with Gasteiger partial charge in [-0.3, -0.25) is 9.78 Å². The number of nitrogens with two attached hydrogens (primary N) is 1. The van der Waals surface area contributed by atoms with E-state index in [0.29, 0.717) is 24.5 Å². The molecule has 1 amide bonds. The molecule has 1 aliphatic rings. The summed E-state index contributed by atoms with van der Waals surface area (Å²) in [5.74, 6) is 0.716. The number of ether oxygens (including phenoxy) is 1. The number of nitrogens with one attached hydrogen (secondary N) is 2. The molecule has 0 saturated heterocycles. The molecule has 0 saturated carbocycles. The van der Waals surface area contributed by atoms with Crippen LogP contribution in [0.15, 0.2) is 89.9 Å². The molecule has 2 aromatic carbocycles. The van der Waals surface area contributed by atoms with Gasteiger partial charge in [-0.1, -0.05) is 24.3 Å². The number of pyridine rings is 1. The smallest absolute Gasteiger partial charge is 0.239 e. The number of furan rings is 1. The minimum Gasteiger partial charge on any atom is -0.490 e. The molecule has 35 heavy (non-hydrogen) atoms. The Balaban J connectivity index is 1.18. The number of nitrogens with zero attached hydrogens (tertiary/aromatic N) is 1. The quantitative estimate of drug-likeness (QED) is 0.319. The van der Waals surface area contributed by atoms with Crippen molar-refractivity contribution < 1.29 is 13.9 Å². The molecule has 7 nitrogen and oxygen atoms in total. The highest BCUT2D eigenvalue weighted by Crippen LogP contribution is 2.39. The van der Waals surface area contributed by atoms with Crippen LogP contribution in [0.2, 0.25) is 0 Å². The Hall–Kier alpha value is -4.36. The van der Waals surface area contributed by atoms with Gasteiger partial charge in [0.25, 0.3) is 0 Å². The van der Waals surface area contributed by atoms with Crippen LogP contribution < -0.4 is 15.8 Å². The van der Waals surface area contributed by atoms with Gasteiger partial charge in [-0.25, -0.2) is 0 Å². The van der Waals surface area contributed by atoms with Crippen LogP contribution in [-0.4, -0.2) is 28.5 Å². The van der Waals surface area contributed by atoms with Crippen molar-refractivity contribution >= 4 is 22.5 Å². The molecule has 5 aromatic rings. The fraction of sp³-hybridized carbons (Fsp3) is 0.143. The van der Waals surface area contributed by atoms with E-state index in [4.69, 9.17) is 14.9 Å². The Bertz CT molecular complexity index is 1510. The van der Waals surface area contributed by atoms with Crippen molar-refractivity contribution in [3.8, 4) is 16.9 Å². The van der Waals surface area contributed by atoms with Crippen molar-refractivity contribution in [3.05, 3.63) is 102 Å². The number of benzene rings is 2. The van der Waals surface area contributed by atoms with Crippen LogP contribution in [-0.2, 0) is 11.2 Å². The van der Waals surface area contributed by atoms with E-state index in [1.807, 2.05) is 48.7 Å². The topological polar surface area (TPSA) is 106 Å². The lowest BCUT2D eigenvalue weighted by Crippen LogP contribution is -2.30. The average Bonchev–Trinajstić information content (AvgIpc) is 3.61. The highest BCUT2D eigenvalue weighted by Gasteiger charge is 2.34. The minimum atomic E-state index is -0.463. The molecule has 4 heterocycles. The summed E-state index contributed by atoms with van der Waals surface area (Å²) in [5.41, 5.74) is 12.2. The zero-order chi connectivity index (χ0) is 23.8. The van der Waals surface area contributed by atoms with Crippen LogP contribution in [0.5, 0.6) is 5.75 Å². The zero-order valence-corrected chi connectivity index (χ0v) is 18.9. The maximum absolute atomic E-state index is 12.5. The number of para-hydroxylation sites is 1.